The molecule has 0 unspecified atom stereocenters. The molecule has 0 atom stereocenters. The highest BCUT2D eigenvalue weighted by Gasteiger charge is 2.14. The third-order valence-corrected chi connectivity index (χ3v) is 6.29. The number of rotatable bonds is 12. The van der Waals surface area contributed by atoms with E-state index >= 15 is 0 Å². The Hall–Kier alpha value is -4.85. The molecule has 41 heavy (non-hydrogen) atoms. The SMILES string of the molecule is CCCCCCOc1ccc(C=Nc2cccc(C(=O)Oc3ccc(N=Nc4ccc(F)cc4)cc3)c2C)c(O)c1. The van der Waals surface area contributed by atoms with Gasteiger partial charge >= 0.3 is 5.97 Å². The summed E-state index contributed by atoms with van der Waals surface area (Å²) in [5.74, 6) is 0.158. The highest BCUT2D eigenvalue weighted by molar-refractivity contribution is 5.94. The molecule has 0 heterocycles. The summed E-state index contributed by atoms with van der Waals surface area (Å²) >= 11 is 0. The number of azo groups is 1. The van der Waals surface area contributed by atoms with Gasteiger partial charge in [0.15, 0.2) is 0 Å². The molecule has 0 radical (unpaired) electrons. The van der Waals surface area contributed by atoms with E-state index < -0.39 is 5.97 Å². The molecular formula is C33H32FN3O4. The number of hydrogen-bond acceptors (Lipinski definition) is 7. The van der Waals surface area contributed by atoms with Gasteiger partial charge in [-0.1, -0.05) is 32.3 Å². The first kappa shape index (κ1) is 29.1. The molecule has 210 valence electrons. The number of ether oxygens (including phenoxy) is 2. The first-order valence-electron chi connectivity index (χ1n) is 13.5. The van der Waals surface area contributed by atoms with E-state index in [2.05, 4.69) is 22.1 Å². The molecule has 4 aromatic rings. The molecule has 0 aliphatic rings. The van der Waals surface area contributed by atoms with Crippen LogP contribution in [0.5, 0.6) is 17.2 Å². The van der Waals surface area contributed by atoms with Gasteiger partial charge in [0.1, 0.15) is 23.1 Å². The third kappa shape index (κ3) is 8.57. The zero-order valence-electron chi connectivity index (χ0n) is 23.1. The molecule has 1 N–H and O–H groups in total. The number of nitrogens with zero attached hydrogens (tertiary/aromatic N) is 3. The predicted molar refractivity (Wildman–Crippen MR) is 158 cm³/mol. The molecule has 4 aromatic carbocycles. The molecule has 0 aliphatic heterocycles. The maximum absolute atomic E-state index is 13.0. The maximum atomic E-state index is 13.0. The van der Waals surface area contributed by atoms with Gasteiger partial charge in [0.05, 0.1) is 29.2 Å². The average molecular weight is 554 g/mol. The summed E-state index contributed by atoms with van der Waals surface area (Å²) in [4.78, 5) is 17.4. The Balaban J connectivity index is 1.37. The number of phenolic OH excluding ortho intramolecular Hbond substituents is 1. The second-order valence-corrected chi connectivity index (χ2v) is 9.40. The van der Waals surface area contributed by atoms with E-state index in [0.717, 1.165) is 12.8 Å². The Bertz CT molecular complexity index is 1520. The average Bonchev–Trinajstić information content (AvgIpc) is 2.97. The summed E-state index contributed by atoms with van der Waals surface area (Å²) in [6.45, 7) is 4.57. The fourth-order valence-electron chi connectivity index (χ4n) is 3.93. The van der Waals surface area contributed by atoms with Crippen LogP contribution in [0.4, 0.5) is 21.5 Å². The zero-order chi connectivity index (χ0) is 29.0. The second-order valence-electron chi connectivity index (χ2n) is 9.40. The smallest absolute Gasteiger partial charge is 0.343 e. The lowest BCUT2D eigenvalue weighted by atomic mass is 10.1. The van der Waals surface area contributed by atoms with Gasteiger partial charge in [0.25, 0.3) is 0 Å². The van der Waals surface area contributed by atoms with E-state index in [4.69, 9.17) is 9.47 Å². The van der Waals surface area contributed by atoms with Crippen LogP contribution in [0.1, 0.15) is 54.1 Å². The Labute approximate surface area is 239 Å². The van der Waals surface area contributed by atoms with Crippen LogP contribution in [0.15, 0.2) is 100 Å². The standard InChI is InChI=1S/C33H32FN3O4/c1-3-4-5-6-20-40-29-17-10-24(32(38)21-29)22-35-31-9-7-8-30(23(31)2)33(39)41-28-18-15-27(16-19-28)37-36-26-13-11-25(34)12-14-26/h7-19,21-22,38H,3-6,20H2,1-2H3. The van der Waals surface area contributed by atoms with Crippen molar-refractivity contribution in [2.45, 2.75) is 39.5 Å². The van der Waals surface area contributed by atoms with Gasteiger partial charge < -0.3 is 14.6 Å². The highest BCUT2D eigenvalue weighted by Crippen LogP contribution is 2.27. The van der Waals surface area contributed by atoms with Crippen LogP contribution in [0.25, 0.3) is 0 Å². The lowest BCUT2D eigenvalue weighted by molar-refractivity contribution is 0.0734. The molecule has 0 aliphatic carbocycles. The van der Waals surface area contributed by atoms with E-state index in [1.165, 1.54) is 37.1 Å². The number of halogens is 1. The second kappa shape index (κ2) is 14.5. The van der Waals surface area contributed by atoms with Crippen molar-refractivity contribution in [1.29, 1.82) is 0 Å². The molecule has 7 nitrogen and oxygen atoms in total. The van der Waals surface area contributed by atoms with E-state index in [9.17, 15) is 14.3 Å². The molecule has 0 amide bonds. The van der Waals surface area contributed by atoms with Crippen molar-refractivity contribution in [2.24, 2.45) is 15.2 Å². The first-order chi connectivity index (χ1) is 19.9. The van der Waals surface area contributed by atoms with E-state index in [1.807, 2.05) is 0 Å². The summed E-state index contributed by atoms with van der Waals surface area (Å²) in [5.41, 5.74) is 3.20. The van der Waals surface area contributed by atoms with Crippen LogP contribution in [-0.2, 0) is 0 Å². The van der Waals surface area contributed by atoms with Crippen LogP contribution in [0, 0.1) is 12.7 Å². The number of carbonyl (C=O) groups is 1. The van der Waals surface area contributed by atoms with Crippen LogP contribution in [-0.4, -0.2) is 23.9 Å². The van der Waals surface area contributed by atoms with Gasteiger partial charge in [-0.15, -0.1) is 0 Å². The largest absolute Gasteiger partial charge is 0.507 e. The summed E-state index contributed by atoms with van der Waals surface area (Å²) < 4.78 is 24.3. The van der Waals surface area contributed by atoms with Crippen molar-refractivity contribution in [2.75, 3.05) is 6.61 Å². The maximum Gasteiger partial charge on any atom is 0.343 e. The molecule has 0 aromatic heterocycles. The summed E-state index contributed by atoms with van der Waals surface area (Å²) in [6, 6.07) is 22.6. The van der Waals surface area contributed by atoms with Crippen molar-refractivity contribution >= 4 is 29.2 Å². The molecule has 0 bridgehead atoms. The van der Waals surface area contributed by atoms with Crippen LogP contribution in [0.3, 0.4) is 0 Å². The van der Waals surface area contributed by atoms with Crippen molar-refractivity contribution < 1.29 is 23.8 Å². The van der Waals surface area contributed by atoms with Crippen molar-refractivity contribution in [3.8, 4) is 17.2 Å². The first-order valence-corrected chi connectivity index (χ1v) is 13.5. The number of aromatic hydroxyl groups is 1. The number of phenols is 1. The number of carbonyl (C=O) groups excluding carboxylic acids is 1. The van der Waals surface area contributed by atoms with Crippen LogP contribution in [0.2, 0.25) is 0 Å². The monoisotopic (exact) mass is 553 g/mol. The topological polar surface area (TPSA) is 92.8 Å². The Morgan fingerprint density at radius 3 is 2.24 bits per heavy atom. The fourth-order valence-corrected chi connectivity index (χ4v) is 3.93. The molecule has 0 saturated heterocycles. The van der Waals surface area contributed by atoms with E-state index in [0.29, 0.717) is 51.9 Å². The number of unbranched alkanes of at least 4 members (excludes halogenated alkanes) is 3. The summed E-state index contributed by atoms with van der Waals surface area (Å²) in [7, 11) is 0. The van der Waals surface area contributed by atoms with Gasteiger partial charge in [-0.25, -0.2) is 9.18 Å². The molecule has 0 saturated carbocycles. The number of hydrogen-bond donors (Lipinski definition) is 1. The van der Waals surface area contributed by atoms with Gasteiger partial charge in [-0.2, -0.15) is 10.2 Å². The van der Waals surface area contributed by atoms with Gasteiger partial charge in [0, 0.05) is 17.8 Å². The summed E-state index contributed by atoms with van der Waals surface area (Å²) in [5, 5.41) is 18.6. The van der Waals surface area contributed by atoms with Crippen LogP contribution >= 0.6 is 0 Å². The fraction of sp³-hybridized carbons (Fsp3) is 0.212. The molecule has 0 fully saturated rings. The van der Waals surface area contributed by atoms with Crippen molar-refractivity contribution in [3.05, 3.63) is 107 Å². The highest BCUT2D eigenvalue weighted by atomic mass is 19.1. The minimum absolute atomic E-state index is 0.0636. The minimum atomic E-state index is -0.525. The van der Waals surface area contributed by atoms with Gasteiger partial charge in [-0.05, 0) is 91.7 Å². The number of benzene rings is 4. The molecule has 4 rings (SSSR count). The zero-order valence-corrected chi connectivity index (χ0v) is 23.1. The van der Waals surface area contributed by atoms with Crippen molar-refractivity contribution in [3.63, 3.8) is 0 Å². The predicted octanol–water partition coefficient (Wildman–Crippen LogP) is 9.18. The molecule has 0 spiro atoms. The van der Waals surface area contributed by atoms with E-state index in [-0.39, 0.29) is 11.6 Å². The number of aliphatic imine (C=N–C) groups is 1. The molecule has 8 heteroatoms. The Morgan fingerprint density at radius 1 is 0.878 bits per heavy atom. The Morgan fingerprint density at radius 2 is 1.56 bits per heavy atom. The molecular weight excluding hydrogens is 521 g/mol. The Kier molecular flexibility index (Phi) is 10.3. The minimum Gasteiger partial charge on any atom is -0.507 e. The lowest BCUT2D eigenvalue weighted by Crippen LogP contribution is -2.10. The van der Waals surface area contributed by atoms with E-state index in [1.54, 1.807) is 73.8 Å². The van der Waals surface area contributed by atoms with Gasteiger partial charge in [0.2, 0.25) is 0 Å². The lowest BCUT2D eigenvalue weighted by Gasteiger charge is -2.09. The van der Waals surface area contributed by atoms with Crippen molar-refractivity contribution in [1.82, 2.24) is 0 Å². The third-order valence-electron chi connectivity index (χ3n) is 6.29. The normalized spacial score (nSPS) is 11.3. The van der Waals surface area contributed by atoms with Gasteiger partial charge in [-0.3, -0.25) is 4.99 Å². The van der Waals surface area contributed by atoms with Crippen LogP contribution < -0.4 is 9.47 Å². The summed E-state index contributed by atoms with van der Waals surface area (Å²) in [6.07, 6.45) is 6.01. The quantitative estimate of drug-likeness (QED) is 0.0622. The number of esters is 1.